The van der Waals surface area contributed by atoms with E-state index in [2.05, 4.69) is 0 Å². The molecule has 1 aliphatic rings. The number of sulfonamides is 1. The fourth-order valence-electron chi connectivity index (χ4n) is 3.41. The summed E-state index contributed by atoms with van der Waals surface area (Å²) in [6.07, 6.45) is -4.29. The van der Waals surface area contributed by atoms with E-state index < -0.39 is 38.5 Å². The standard InChI is InChI=1S/C20H27F3N2O6S/c1-3-31-18(26)14-24(11-12-30-2)19(27)15-7-9-25(10-8-15)32(28,29)17-6-4-5-16(13-17)20(21,22)23/h4-6,13,15H,3,7-12,14H2,1-2H3. The van der Waals surface area contributed by atoms with Gasteiger partial charge in [-0.15, -0.1) is 0 Å². The van der Waals surface area contributed by atoms with E-state index in [1.165, 1.54) is 12.0 Å². The molecule has 0 aliphatic carbocycles. The lowest BCUT2D eigenvalue weighted by molar-refractivity contribution is -0.151. The molecular weight excluding hydrogens is 453 g/mol. The number of methoxy groups -OCH3 is 1. The zero-order valence-electron chi connectivity index (χ0n) is 17.9. The van der Waals surface area contributed by atoms with Crippen molar-refractivity contribution in [3.8, 4) is 0 Å². The second-order valence-electron chi connectivity index (χ2n) is 7.26. The minimum absolute atomic E-state index is 0.0213. The number of benzene rings is 1. The van der Waals surface area contributed by atoms with Crippen LogP contribution in [-0.2, 0) is 35.3 Å². The number of carbonyl (C=O) groups is 2. The molecule has 8 nitrogen and oxygen atoms in total. The molecule has 0 radical (unpaired) electrons. The Morgan fingerprint density at radius 2 is 1.88 bits per heavy atom. The smallest absolute Gasteiger partial charge is 0.416 e. The van der Waals surface area contributed by atoms with Crippen molar-refractivity contribution in [2.24, 2.45) is 5.92 Å². The first-order valence-electron chi connectivity index (χ1n) is 10.1. The third kappa shape index (κ3) is 6.66. The largest absolute Gasteiger partial charge is 0.465 e. The number of piperidine rings is 1. The van der Waals surface area contributed by atoms with E-state index >= 15 is 0 Å². The predicted molar refractivity (Wildman–Crippen MR) is 108 cm³/mol. The van der Waals surface area contributed by atoms with Crippen molar-refractivity contribution in [2.75, 3.05) is 46.5 Å². The number of ether oxygens (including phenoxy) is 2. The molecule has 0 unspecified atom stereocenters. The molecule has 0 saturated carbocycles. The van der Waals surface area contributed by atoms with Crippen molar-refractivity contribution < 1.29 is 40.7 Å². The van der Waals surface area contributed by atoms with E-state index in [-0.39, 0.29) is 58.1 Å². The Hall–Kier alpha value is -2.18. The number of rotatable bonds is 9. The van der Waals surface area contributed by atoms with Gasteiger partial charge in [-0.05, 0) is 38.0 Å². The third-order valence-corrected chi connectivity index (χ3v) is 7.00. The van der Waals surface area contributed by atoms with Gasteiger partial charge in [0, 0.05) is 32.7 Å². The fourth-order valence-corrected chi connectivity index (χ4v) is 4.93. The van der Waals surface area contributed by atoms with Gasteiger partial charge >= 0.3 is 12.1 Å². The number of carbonyl (C=O) groups excluding carboxylic acids is 2. The van der Waals surface area contributed by atoms with Crippen LogP contribution < -0.4 is 0 Å². The zero-order valence-corrected chi connectivity index (χ0v) is 18.7. The van der Waals surface area contributed by atoms with Crippen molar-refractivity contribution in [1.29, 1.82) is 0 Å². The molecule has 180 valence electrons. The van der Waals surface area contributed by atoms with Crippen LogP contribution in [0.1, 0.15) is 25.3 Å². The fraction of sp³-hybridized carbons (Fsp3) is 0.600. The second-order valence-corrected chi connectivity index (χ2v) is 9.20. The lowest BCUT2D eigenvalue weighted by Gasteiger charge is -2.33. The van der Waals surface area contributed by atoms with Gasteiger partial charge < -0.3 is 14.4 Å². The van der Waals surface area contributed by atoms with Gasteiger partial charge in [-0.25, -0.2) is 8.42 Å². The van der Waals surface area contributed by atoms with Crippen LogP contribution in [0.2, 0.25) is 0 Å². The number of hydrogen-bond acceptors (Lipinski definition) is 6. The Labute approximate surface area is 185 Å². The molecule has 32 heavy (non-hydrogen) atoms. The second kappa shape index (κ2) is 11.1. The lowest BCUT2D eigenvalue weighted by atomic mass is 9.96. The average Bonchev–Trinajstić information content (AvgIpc) is 2.76. The highest BCUT2D eigenvalue weighted by molar-refractivity contribution is 7.89. The Morgan fingerprint density at radius 3 is 2.44 bits per heavy atom. The van der Waals surface area contributed by atoms with Crippen LogP contribution in [-0.4, -0.2) is 76.0 Å². The van der Waals surface area contributed by atoms with Gasteiger partial charge in [-0.2, -0.15) is 17.5 Å². The SMILES string of the molecule is CCOC(=O)CN(CCOC)C(=O)C1CCN(S(=O)(=O)c2cccc(C(F)(F)F)c2)CC1. The number of halogens is 3. The number of alkyl halides is 3. The molecule has 1 heterocycles. The first kappa shape index (κ1) is 26.1. The summed E-state index contributed by atoms with van der Waals surface area (Å²) in [5, 5.41) is 0. The van der Waals surface area contributed by atoms with Gasteiger partial charge in [0.25, 0.3) is 0 Å². The maximum Gasteiger partial charge on any atom is 0.416 e. The first-order valence-corrected chi connectivity index (χ1v) is 11.6. The van der Waals surface area contributed by atoms with Crippen LogP contribution in [0.3, 0.4) is 0 Å². The van der Waals surface area contributed by atoms with Crippen molar-refractivity contribution in [2.45, 2.75) is 30.8 Å². The van der Waals surface area contributed by atoms with Crippen LogP contribution in [0, 0.1) is 5.92 Å². The minimum Gasteiger partial charge on any atom is -0.465 e. The summed E-state index contributed by atoms with van der Waals surface area (Å²) < 4.78 is 75.4. The van der Waals surface area contributed by atoms with Gasteiger partial charge in [0.15, 0.2) is 0 Å². The summed E-state index contributed by atoms with van der Waals surface area (Å²) in [7, 11) is -2.68. The van der Waals surface area contributed by atoms with Crippen molar-refractivity contribution in [1.82, 2.24) is 9.21 Å². The third-order valence-electron chi connectivity index (χ3n) is 5.10. The summed E-state index contributed by atoms with van der Waals surface area (Å²) in [6.45, 7) is 1.94. The van der Waals surface area contributed by atoms with Gasteiger partial charge in [0.2, 0.25) is 15.9 Å². The summed E-state index contributed by atoms with van der Waals surface area (Å²) in [4.78, 5) is 25.6. The Kier molecular flexibility index (Phi) is 9.05. The maximum absolute atomic E-state index is 12.9. The molecule has 1 fully saturated rings. The first-order chi connectivity index (χ1) is 15.0. The molecule has 0 atom stereocenters. The molecule has 0 N–H and O–H groups in total. The van der Waals surface area contributed by atoms with Crippen LogP contribution in [0.5, 0.6) is 0 Å². The monoisotopic (exact) mass is 480 g/mol. The van der Waals surface area contributed by atoms with E-state index in [9.17, 15) is 31.2 Å². The summed E-state index contributed by atoms with van der Waals surface area (Å²) >= 11 is 0. The van der Waals surface area contributed by atoms with Gasteiger partial charge in [-0.3, -0.25) is 9.59 Å². The van der Waals surface area contributed by atoms with Gasteiger partial charge in [0.1, 0.15) is 6.54 Å². The van der Waals surface area contributed by atoms with Crippen molar-refractivity contribution in [3.05, 3.63) is 29.8 Å². The summed E-state index contributed by atoms with van der Waals surface area (Å²) in [5.41, 5.74) is -1.05. The van der Waals surface area contributed by atoms with E-state index in [0.717, 1.165) is 22.5 Å². The Morgan fingerprint density at radius 1 is 1.22 bits per heavy atom. The topological polar surface area (TPSA) is 93.2 Å². The molecule has 1 saturated heterocycles. The van der Waals surface area contributed by atoms with Crippen LogP contribution >= 0.6 is 0 Å². The van der Waals surface area contributed by atoms with Crippen molar-refractivity contribution >= 4 is 21.9 Å². The van der Waals surface area contributed by atoms with E-state index in [4.69, 9.17) is 9.47 Å². The number of esters is 1. The highest BCUT2D eigenvalue weighted by Gasteiger charge is 2.36. The molecular formula is C20H27F3N2O6S. The Balaban J connectivity index is 2.07. The molecule has 1 amide bonds. The lowest BCUT2D eigenvalue weighted by Crippen LogP contribution is -2.46. The highest BCUT2D eigenvalue weighted by Crippen LogP contribution is 2.32. The van der Waals surface area contributed by atoms with Gasteiger partial charge in [0.05, 0.1) is 23.7 Å². The zero-order chi connectivity index (χ0) is 23.9. The Bertz CT molecular complexity index is 899. The minimum atomic E-state index is -4.66. The average molecular weight is 481 g/mol. The van der Waals surface area contributed by atoms with Crippen LogP contribution in [0.25, 0.3) is 0 Å². The van der Waals surface area contributed by atoms with E-state index in [0.29, 0.717) is 6.07 Å². The van der Waals surface area contributed by atoms with E-state index in [1.54, 1.807) is 6.92 Å². The number of nitrogens with zero attached hydrogens (tertiary/aromatic N) is 2. The molecule has 0 spiro atoms. The molecule has 0 aromatic heterocycles. The summed E-state index contributed by atoms with van der Waals surface area (Å²) in [6, 6.07) is 3.59. The van der Waals surface area contributed by atoms with Crippen LogP contribution in [0.4, 0.5) is 13.2 Å². The molecule has 1 aromatic rings. The highest BCUT2D eigenvalue weighted by atomic mass is 32.2. The summed E-state index contributed by atoms with van der Waals surface area (Å²) in [5.74, 6) is -1.39. The molecule has 2 rings (SSSR count). The molecule has 1 aromatic carbocycles. The number of hydrogen-bond donors (Lipinski definition) is 0. The predicted octanol–water partition coefficient (Wildman–Crippen LogP) is 2.14. The number of amides is 1. The normalized spacial score (nSPS) is 16.0. The van der Waals surface area contributed by atoms with Gasteiger partial charge in [-0.1, -0.05) is 6.07 Å². The molecule has 0 bridgehead atoms. The molecule has 1 aliphatic heterocycles. The van der Waals surface area contributed by atoms with E-state index in [1.807, 2.05) is 0 Å². The molecule has 12 heteroatoms. The maximum atomic E-state index is 12.9. The van der Waals surface area contributed by atoms with Crippen molar-refractivity contribution in [3.63, 3.8) is 0 Å². The quantitative estimate of drug-likeness (QED) is 0.503. The van der Waals surface area contributed by atoms with Crippen LogP contribution in [0.15, 0.2) is 29.2 Å².